The van der Waals surface area contributed by atoms with Crippen molar-refractivity contribution in [3.05, 3.63) is 46.4 Å². The molecule has 6 nitrogen and oxygen atoms in total. The van der Waals surface area contributed by atoms with Crippen LogP contribution in [0.15, 0.2) is 35.8 Å². The molecule has 1 spiro atoms. The van der Waals surface area contributed by atoms with E-state index >= 15 is 0 Å². The molecular formula is C19H19ClN2O4S. The Morgan fingerprint density at radius 3 is 2.41 bits per heavy atom. The van der Waals surface area contributed by atoms with Gasteiger partial charge in [0.25, 0.3) is 11.7 Å². The van der Waals surface area contributed by atoms with Crippen molar-refractivity contribution in [2.45, 2.75) is 43.8 Å². The Morgan fingerprint density at radius 1 is 1.26 bits per heavy atom. The number of aliphatic hydroxyl groups excluding tert-OH is 1. The molecule has 0 amide bonds. The summed E-state index contributed by atoms with van der Waals surface area (Å²) in [6.07, 6.45) is 3.72. The van der Waals surface area contributed by atoms with Gasteiger partial charge >= 0.3 is 5.97 Å². The van der Waals surface area contributed by atoms with Gasteiger partial charge in [-0.15, -0.1) is 0 Å². The number of carbonyl (C=O) groups excluding carboxylic acids is 1. The molecular weight excluding hydrogens is 388 g/mol. The van der Waals surface area contributed by atoms with E-state index in [1.54, 1.807) is 24.3 Å². The van der Waals surface area contributed by atoms with Gasteiger partial charge < -0.3 is 20.3 Å². The first-order chi connectivity index (χ1) is 12.9. The normalized spacial score (nSPS) is 21.0. The molecule has 8 heteroatoms. The van der Waals surface area contributed by atoms with E-state index < -0.39 is 29.5 Å². The molecule has 1 aliphatic carbocycles. The summed E-state index contributed by atoms with van der Waals surface area (Å²) in [5.41, 5.74) is 6.12. The fourth-order valence-electron chi connectivity index (χ4n) is 3.62. The monoisotopic (exact) mass is 406 g/mol. The largest absolute Gasteiger partial charge is 0.480 e. The number of esters is 1. The van der Waals surface area contributed by atoms with Crippen molar-refractivity contribution >= 4 is 34.8 Å². The van der Waals surface area contributed by atoms with E-state index in [0.29, 0.717) is 23.4 Å². The van der Waals surface area contributed by atoms with Gasteiger partial charge in [0.2, 0.25) is 0 Å². The van der Waals surface area contributed by atoms with Gasteiger partial charge in [0, 0.05) is 23.8 Å². The van der Waals surface area contributed by atoms with Crippen LogP contribution < -0.4 is 5.73 Å². The van der Waals surface area contributed by atoms with Crippen molar-refractivity contribution < 1.29 is 19.4 Å². The van der Waals surface area contributed by atoms with E-state index in [-0.39, 0.29) is 10.6 Å². The molecule has 0 bridgehead atoms. The second kappa shape index (κ2) is 7.75. The first-order valence-corrected chi connectivity index (χ1v) is 9.45. The van der Waals surface area contributed by atoms with Crippen molar-refractivity contribution in [3.8, 4) is 6.07 Å². The summed E-state index contributed by atoms with van der Waals surface area (Å²) >= 11 is 11.0. The smallest absolute Gasteiger partial charge is 0.345 e. The summed E-state index contributed by atoms with van der Waals surface area (Å²) < 4.78 is 11.3. The van der Waals surface area contributed by atoms with Crippen LogP contribution in [-0.2, 0) is 14.3 Å². The maximum Gasteiger partial charge on any atom is 0.345 e. The molecule has 27 heavy (non-hydrogen) atoms. The molecule has 3 rings (SSSR count). The lowest BCUT2D eigenvalue weighted by molar-refractivity contribution is -0.250. The van der Waals surface area contributed by atoms with Gasteiger partial charge in [-0.05, 0) is 30.5 Å². The van der Waals surface area contributed by atoms with Crippen molar-refractivity contribution in [2.75, 3.05) is 0 Å². The Balaban J connectivity index is 2.07. The molecule has 0 radical (unpaired) electrons. The van der Waals surface area contributed by atoms with Gasteiger partial charge in [-0.25, -0.2) is 4.79 Å². The van der Waals surface area contributed by atoms with Gasteiger partial charge in [-0.3, -0.25) is 0 Å². The van der Waals surface area contributed by atoms with E-state index in [2.05, 4.69) is 0 Å². The third-order valence-corrected chi connectivity index (χ3v) is 5.45. The van der Waals surface area contributed by atoms with Crippen LogP contribution in [0.2, 0.25) is 5.02 Å². The lowest BCUT2D eigenvalue weighted by Crippen LogP contribution is -2.45. The topological polar surface area (TPSA) is 106 Å². The number of nitrogens with two attached hydrogens (primary N) is 1. The summed E-state index contributed by atoms with van der Waals surface area (Å²) in [6, 6.07) is 8.55. The molecule has 1 aromatic rings. The Kier molecular flexibility index (Phi) is 5.59. The van der Waals surface area contributed by atoms with Crippen LogP contribution in [0.3, 0.4) is 0 Å². The lowest BCUT2D eigenvalue weighted by atomic mass is 9.80. The highest BCUT2D eigenvalue weighted by Crippen LogP contribution is 2.43. The van der Waals surface area contributed by atoms with Gasteiger partial charge in [0.1, 0.15) is 11.5 Å². The van der Waals surface area contributed by atoms with E-state index in [4.69, 9.17) is 39.0 Å². The number of benzene rings is 1. The number of aliphatic hydroxyl groups is 1. The van der Waals surface area contributed by atoms with Crippen molar-refractivity contribution in [1.82, 2.24) is 0 Å². The Hall–Kier alpha value is -2.30. The van der Waals surface area contributed by atoms with Gasteiger partial charge in [-0.1, -0.05) is 42.4 Å². The quantitative estimate of drug-likeness (QED) is 0.577. The Labute approximate surface area is 167 Å². The molecule has 1 aliphatic heterocycles. The number of thiocarbonyl (C=S) groups is 1. The molecule has 3 N–H and O–H groups in total. The van der Waals surface area contributed by atoms with E-state index in [1.807, 2.05) is 6.07 Å². The van der Waals surface area contributed by atoms with Gasteiger partial charge in [0.15, 0.2) is 0 Å². The summed E-state index contributed by atoms with van der Waals surface area (Å²) in [6.45, 7) is 0. The third-order valence-electron chi connectivity index (χ3n) is 4.95. The van der Waals surface area contributed by atoms with Crippen molar-refractivity contribution in [3.63, 3.8) is 0 Å². The van der Waals surface area contributed by atoms with E-state index in [9.17, 15) is 15.2 Å². The van der Waals surface area contributed by atoms with Crippen LogP contribution in [0, 0.1) is 17.2 Å². The van der Waals surface area contributed by atoms with Crippen LogP contribution in [-0.4, -0.2) is 21.9 Å². The zero-order valence-corrected chi connectivity index (χ0v) is 16.1. The fourth-order valence-corrected chi connectivity index (χ4v) is 3.93. The Morgan fingerprint density at radius 2 is 1.89 bits per heavy atom. The number of nitriles is 1. The minimum Gasteiger partial charge on any atom is -0.480 e. The number of rotatable bonds is 4. The molecule has 2 unspecified atom stereocenters. The predicted octanol–water partition coefficient (Wildman–Crippen LogP) is 3.85. The molecule has 2 aliphatic rings. The average Bonchev–Trinajstić information content (AvgIpc) is 2.61. The minimum absolute atomic E-state index is 0.0940. The van der Waals surface area contributed by atoms with Gasteiger partial charge in [0.05, 0.1) is 11.1 Å². The number of hydrogen-bond donors (Lipinski definition) is 2. The van der Waals surface area contributed by atoms with Crippen molar-refractivity contribution in [2.24, 2.45) is 11.7 Å². The molecule has 0 aromatic heterocycles. The van der Waals surface area contributed by atoms with Crippen LogP contribution in [0.1, 0.15) is 43.6 Å². The maximum atomic E-state index is 12.9. The number of ether oxygens (including phenoxy) is 2. The maximum absolute atomic E-state index is 12.9. The van der Waals surface area contributed by atoms with E-state index in [1.165, 1.54) is 0 Å². The average molecular weight is 407 g/mol. The molecule has 1 heterocycles. The van der Waals surface area contributed by atoms with Crippen LogP contribution >= 0.6 is 23.8 Å². The molecule has 1 saturated carbocycles. The van der Waals surface area contributed by atoms with E-state index in [0.717, 1.165) is 19.3 Å². The molecule has 2 atom stereocenters. The minimum atomic E-state index is -1.14. The number of nitrogens with zero attached hydrogens (tertiary/aromatic N) is 1. The van der Waals surface area contributed by atoms with Crippen LogP contribution in [0.4, 0.5) is 0 Å². The standard InChI is InChI=1S/C19H19ClN2O4S/c20-12-6-4-11(5-7-12)14(13(10-21)16(22)27)15-17(23)25-19(26-18(15)24)8-2-1-3-9-19/h4-7,13-14,23H,1-3,8-9H2,(H2,22,27). The zero-order chi connectivity index (χ0) is 19.6. The van der Waals surface area contributed by atoms with Crippen LogP contribution in [0.5, 0.6) is 0 Å². The SMILES string of the molecule is N#CC(C(N)=S)C(C1=C(O)OC2(CCCCC2)OC1=O)c1ccc(Cl)cc1. The van der Waals surface area contributed by atoms with Crippen molar-refractivity contribution in [1.29, 1.82) is 5.26 Å². The molecule has 1 aromatic carbocycles. The summed E-state index contributed by atoms with van der Waals surface area (Å²) in [7, 11) is 0. The van der Waals surface area contributed by atoms with Crippen LogP contribution in [0.25, 0.3) is 0 Å². The summed E-state index contributed by atoms with van der Waals surface area (Å²) in [5.74, 6) is -4.37. The number of carbonyl (C=O) groups is 1. The highest BCUT2D eigenvalue weighted by atomic mass is 35.5. The second-order valence-electron chi connectivity index (χ2n) is 6.72. The van der Waals surface area contributed by atoms with Gasteiger partial charge in [-0.2, -0.15) is 5.26 Å². The first kappa shape index (κ1) is 19.5. The second-order valence-corrected chi connectivity index (χ2v) is 7.63. The zero-order valence-electron chi connectivity index (χ0n) is 14.5. The third kappa shape index (κ3) is 3.87. The fraction of sp³-hybridized carbons (Fsp3) is 0.421. The summed E-state index contributed by atoms with van der Waals surface area (Å²) in [5, 5.41) is 20.7. The lowest BCUT2D eigenvalue weighted by Gasteiger charge is -2.40. The highest BCUT2D eigenvalue weighted by molar-refractivity contribution is 7.80. The highest BCUT2D eigenvalue weighted by Gasteiger charge is 2.48. The molecule has 1 fully saturated rings. The first-order valence-electron chi connectivity index (χ1n) is 8.67. The Bertz CT molecular complexity index is 825. The molecule has 142 valence electrons. The number of hydrogen-bond acceptors (Lipinski definition) is 6. The number of halogens is 1. The summed E-state index contributed by atoms with van der Waals surface area (Å²) in [4.78, 5) is 12.8. The predicted molar refractivity (Wildman–Crippen MR) is 103 cm³/mol. The molecule has 0 saturated heterocycles.